The first-order valence-corrected chi connectivity index (χ1v) is 8.00. The molecule has 0 bridgehead atoms. The van der Waals surface area contributed by atoms with Crippen LogP contribution < -0.4 is 11.9 Å². The number of nitrogens with zero attached hydrogens (tertiary/aromatic N) is 4. The third kappa shape index (κ3) is 4.12. The lowest BCUT2D eigenvalue weighted by molar-refractivity contribution is -0.168. The van der Waals surface area contributed by atoms with Crippen LogP contribution >= 0.6 is 8.25 Å². The van der Waals surface area contributed by atoms with Gasteiger partial charge in [0.05, 0.1) is 6.33 Å². The minimum Gasteiger partial charge on any atom is -0.382 e. The van der Waals surface area contributed by atoms with Gasteiger partial charge in [-0.15, -0.1) is 4.52 Å². The highest BCUT2D eigenvalue weighted by Gasteiger charge is 2.32. The highest BCUT2D eigenvalue weighted by molar-refractivity contribution is 7.33. The van der Waals surface area contributed by atoms with Crippen LogP contribution in [0.5, 0.6) is 0 Å². The molecule has 3 atom stereocenters. The second-order valence-corrected chi connectivity index (χ2v) is 5.51. The molecule has 1 aliphatic heterocycles. The zero-order valence-electron chi connectivity index (χ0n) is 13.2. The summed E-state index contributed by atoms with van der Waals surface area (Å²) in [4.78, 5) is 11.9. The van der Waals surface area contributed by atoms with Gasteiger partial charge in [0, 0.05) is 10.6 Å². The molecule has 0 saturated carbocycles. The van der Waals surface area contributed by atoms with Gasteiger partial charge in [-0.05, 0) is 6.92 Å². The van der Waals surface area contributed by atoms with E-state index in [9.17, 15) is 8.96 Å². The minimum absolute atomic E-state index is 0. The number of anilines is 1. The predicted octanol–water partition coefficient (Wildman–Crippen LogP) is 1.96. The van der Waals surface area contributed by atoms with Gasteiger partial charge >= 0.3 is 8.25 Å². The van der Waals surface area contributed by atoms with Crippen molar-refractivity contribution in [3.05, 3.63) is 24.6 Å². The highest BCUT2D eigenvalue weighted by Crippen LogP contribution is 2.33. The van der Waals surface area contributed by atoms with Crippen molar-refractivity contribution < 1.29 is 27.5 Å². The van der Waals surface area contributed by atoms with Crippen LogP contribution in [0.3, 0.4) is 0 Å². The number of aromatic nitrogens is 4. The molecule has 1 unspecified atom stereocenters. The molecule has 5 N–H and O–H groups in total. The molecule has 0 fully saturated rings. The fraction of sp³-hybridized carbons (Fsp3) is 0.417. The normalized spacial score (nSPS) is 20.4. The summed E-state index contributed by atoms with van der Waals surface area (Å²) in [6.07, 6.45) is 1.60. The topological polar surface area (TPSA) is 159 Å². The van der Waals surface area contributed by atoms with Crippen LogP contribution in [0.25, 0.3) is 11.2 Å². The molecule has 25 heavy (non-hydrogen) atoms. The Hall–Kier alpha value is -2.08. The second kappa shape index (κ2) is 8.34. The number of imidazole rings is 1. The summed E-state index contributed by atoms with van der Waals surface area (Å²) in [5, 5.41) is 0. The van der Waals surface area contributed by atoms with Crippen LogP contribution in [0.1, 0.15) is 13.2 Å². The van der Waals surface area contributed by atoms with E-state index in [1.165, 1.54) is 17.2 Å². The number of fused-ring (bicyclic) bond motifs is 1. The molecule has 3 rings (SSSR count). The number of hydrogen-bond donors (Lipinski definition) is 2. The molecule has 11 nitrogen and oxygen atoms in total. The van der Waals surface area contributed by atoms with Crippen LogP contribution in [-0.4, -0.2) is 39.2 Å². The molecule has 0 saturated heterocycles. The molecule has 3 heterocycles. The Bertz CT molecular complexity index is 786. The van der Waals surface area contributed by atoms with Crippen LogP contribution in [0.4, 0.5) is 10.2 Å². The predicted molar refractivity (Wildman–Crippen MR) is 84.1 cm³/mol. The average Bonchev–Trinajstić information content (AvgIpc) is 3.12. The van der Waals surface area contributed by atoms with Crippen LogP contribution in [0.2, 0.25) is 0 Å². The largest absolute Gasteiger partial charge is 0.699 e. The molecule has 136 valence electrons. The second-order valence-electron chi connectivity index (χ2n) is 4.55. The van der Waals surface area contributed by atoms with Crippen molar-refractivity contribution >= 4 is 25.2 Å². The maximum atomic E-state index is 14.1. The van der Waals surface area contributed by atoms with Crippen molar-refractivity contribution in [2.45, 2.75) is 19.4 Å². The summed E-state index contributed by atoms with van der Waals surface area (Å²) in [7, 11) is -2.28. The van der Waals surface area contributed by atoms with Crippen molar-refractivity contribution in [1.29, 1.82) is 0 Å². The fourth-order valence-electron chi connectivity index (χ4n) is 2.05. The molecule has 2 aromatic heterocycles. The van der Waals surface area contributed by atoms with E-state index >= 15 is 0 Å². The minimum atomic E-state index is -2.28. The quantitative estimate of drug-likeness (QED) is 0.541. The SMILES string of the molecule is CCO[P+](=O)OCO[C@@H]1C=C(F)[C@H](n2cnc3c(N)ncnc32)O1.N. The number of halogens is 1. The molecular weight excluding hydrogens is 358 g/mol. The molecule has 1 aliphatic rings. The maximum Gasteiger partial charge on any atom is 0.699 e. The number of nitrogens with two attached hydrogens (primary N) is 1. The highest BCUT2D eigenvalue weighted by atomic mass is 31.1. The monoisotopic (exact) mass is 375 g/mol. The number of hydrogen-bond acceptors (Lipinski definition) is 10. The third-order valence-corrected chi connectivity index (χ3v) is 3.84. The zero-order valence-corrected chi connectivity index (χ0v) is 14.1. The van der Waals surface area contributed by atoms with Crippen molar-refractivity contribution in [2.24, 2.45) is 0 Å². The van der Waals surface area contributed by atoms with Gasteiger partial charge in [0.25, 0.3) is 0 Å². The van der Waals surface area contributed by atoms with E-state index in [0.717, 1.165) is 6.08 Å². The van der Waals surface area contributed by atoms with E-state index in [0.29, 0.717) is 11.2 Å². The zero-order chi connectivity index (χ0) is 17.1. The Labute approximate surface area is 142 Å². The first-order chi connectivity index (χ1) is 11.6. The summed E-state index contributed by atoms with van der Waals surface area (Å²) in [5.41, 5.74) is 6.36. The molecule has 2 aromatic rings. The first-order valence-electron chi connectivity index (χ1n) is 6.90. The van der Waals surface area contributed by atoms with Gasteiger partial charge in [-0.3, -0.25) is 4.57 Å². The lowest BCUT2D eigenvalue weighted by Crippen LogP contribution is -2.16. The van der Waals surface area contributed by atoms with Gasteiger partial charge in [0.15, 0.2) is 29.8 Å². The summed E-state index contributed by atoms with van der Waals surface area (Å²) < 4.78 is 46.7. The molecule has 0 aromatic carbocycles. The molecule has 0 aliphatic carbocycles. The lowest BCUT2D eigenvalue weighted by atomic mass is 10.4. The lowest BCUT2D eigenvalue weighted by Gasteiger charge is -2.15. The smallest absolute Gasteiger partial charge is 0.382 e. The molecular formula is C12H17FN6O5P+. The Balaban J connectivity index is 0.00000225. The Morgan fingerprint density at radius 3 is 2.96 bits per heavy atom. The van der Waals surface area contributed by atoms with Crippen molar-refractivity contribution in [1.82, 2.24) is 25.7 Å². The number of ether oxygens (including phenoxy) is 2. The molecule has 0 spiro atoms. The van der Waals surface area contributed by atoms with Crippen LogP contribution in [0, 0.1) is 0 Å². The Morgan fingerprint density at radius 2 is 2.20 bits per heavy atom. The first kappa shape index (κ1) is 19.2. The van der Waals surface area contributed by atoms with Gasteiger partial charge in [-0.2, -0.15) is 0 Å². The maximum absolute atomic E-state index is 14.1. The van der Waals surface area contributed by atoms with Crippen molar-refractivity contribution in [2.75, 3.05) is 19.1 Å². The number of nitrogen functional groups attached to an aromatic ring is 1. The van der Waals surface area contributed by atoms with E-state index in [1.807, 2.05) is 0 Å². The summed E-state index contributed by atoms with van der Waals surface area (Å²) in [6, 6.07) is 0. The standard InChI is InChI=1S/C12H14FN5O5P.H3N/c1-2-21-24(19)22-6-20-8-3-7(13)12(23-8)18-5-17-9-10(14)15-4-16-11(9)18;/h3-5,8,12H,2,6H2,1H3,(H2,14,15,16);1H3/q+1;/t8-,12+;/m0./s1. The molecule has 0 amide bonds. The van der Waals surface area contributed by atoms with E-state index in [1.54, 1.807) is 6.92 Å². The number of rotatable bonds is 7. The van der Waals surface area contributed by atoms with Gasteiger partial charge in [0.2, 0.25) is 6.79 Å². The van der Waals surface area contributed by atoms with E-state index in [-0.39, 0.29) is 25.4 Å². The van der Waals surface area contributed by atoms with Gasteiger partial charge in [-0.1, -0.05) is 4.52 Å². The van der Waals surface area contributed by atoms with Crippen LogP contribution in [0.15, 0.2) is 24.6 Å². The summed E-state index contributed by atoms with van der Waals surface area (Å²) in [5.74, 6) is -0.409. The van der Waals surface area contributed by atoms with Gasteiger partial charge < -0.3 is 21.4 Å². The Morgan fingerprint density at radius 1 is 1.40 bits per heavy atom. The van der Waals surface area contributed by atoms with E-state index in [4.69, 9.17) is 24.3 Å². The van der Waals surface area contributed by atoms with Crippen molar-refractivity contribution in [3.63, 3.8) is 0 Å². The average molecular weight is 375 g/mol. The van der Waals surface area contributed by atoms with Crippen LogP contribution in [-0.2, 0) is 23.1 Å². The third-order valence-electron chi connectivity index (χ3n) is 3.06. The molecule has 0 radical (unpaired) electrons. The molecule has 13 heteroatoms. The van der Waals surface area contributed by atoms with Crippen molar-refractivity contribution in [3.8, 4) is 0 Å². The van der Waals surface area contributed by atoms with E-state index in [2.05, 4.69) is 15.0 Å². The van der Waals surface area contributed by atoms with Gasteiger partial charge in [0.1, 0.15) is 18.5 Å². The Kier molecular flexibility index (Phi) is 6.42. The summed E-state index contributed by atoms with van der Waals surface area (Å²) in [6.45, 7) is 1.53. The summed E-state index contributed by atoms with van der Waals surface area (Å²) >= 11 is 0. The van der Waals surface area contributed by atoms with Gasteiger partial charge in [-0.25, -0.2) is 19.3 Å². The fourth-order valence-corrected chi connectivity index (χ4v) is 2.49. The van der Waals surface area contributed by atoms with E-state index < -0.39 is 26.6 Å².